The number of carboxylic acids is 1. The lowest BCUT2D eigenvalue weighted by Crippen LogP contribution is -2.42. The van der Waals surface area contributed by atoms with Crippen LogP contribution in [0.4, 0.5) is 11.5 Å². The number of amides is 4. The number of methoxy groups -OCH3 is 1. The van der Waals surface area contributed by atoms with Crippen LogP contribution in [-0.4, -0.2) is 150 Å². The van der Waals surface area contributed by atoms with E-state index in [1.165, 1.54) is 0 Å². The summed E-state index contributed by atoms with van der Waals surface area (Å²) in [5.74, 6) is 1.37. The largest absolute Gasteiger partial charge is 0.497 e. The third-order valence-corrected chi connectivity index (χ3v) is 15.5. The molecule has 0 unspecified atom stereocenters. The predicted molar refractivity (Wildman–Crippen MR) is 318 cm³/mol. The average Bonchev–Trinajstić information content (AvgIpc) is 4.35. The molecular formula is C61H93N13O8. The molecule has 2 fully saturated rings. The van der Waals surface area contributed by atoms with Crippen molar-refractivity contribution >= 4 is 41.1 Å². The van der Waals surface area contributed by atoms with Gasteiger partial charge in [0.2, 0.25) is 23.6 Å². The van der Waals surface area contributed by atoms with Crippen LogP contribution in [0.25, 0.3) is 0 Å². The van der Waals surface area contributed by atoms with Gasteiger partial charge in [-0.25, -0.2) is 9.97 Å². The summed E-state index contributed by atoms with van der Waals surface area (Å²) < 4.78 is 13.9. The average molecular weight is 1140 g/mol. The lowest BCUT2D eigenvalue weighted by atomic mass is 9.88. The van der Waals surface area contributed by atoms with Crippen LogP contribution in [0.3, 0.4) is 0 Å². The standard InChI is InChI=1S/C61H93N13O8/c1-45-13-12-15-54(68-45)74(60(80)51-20-19-50(81-4)40-53(51)72-35-22-46(23-36-72)43-82-58-39-48(21-29-67-58)52(41-59(78)79)47-17-18-47)44-61(2,3)26-37-73-42-49(69-70-73)14-10-8-6-5-7-9-11-16-55(75)66-32-38-71(33-24-56(76)64-30-27-62)34-25-57(77)65-31-28-63/h12-13,15,19-21,29,39-40,42,46-47,52H,5-11,14,16-18,22-28,30-38,41,43-44,62-63H2,1-4H3,(H,64,76)(H,65,77)(H,66,75)(H,78,79)/t52-/m0/s1. The summed E-state index contributed by atoms with van der Waals surface area (Å²) in [4.78, 5) is 79.0. The SMILES string of the molecule is COc1ccc(C(=O)N(CC(C)(C)CCn2cc(CCCCCCCCCC(=O)NCCN(CCC(=O)NCCN)CCC(=O)NCCN)nn2)c2cccc(C)n2)c(N2CCC(COc3cc([C@@H](CC(=O)O)C4CC4)ccn3)CC2)c1. The van der Waals surface area contributed by atoms with Crippen molar-refractivity contribution in [3.63, 3.8) is 0 Å². The number of aryl methyl sites for hydroxylation is 3. The number of carbonyl (C=O) groups excluding carboxylic acids is 4. The van der Waals surface area contributed by atoms with Gasteiger partial charge in [-0.2, -0.15) is 0 Å². The summed E-state index contributed by atoms with van der Waals surface area (Å²) in [5, 5.41) is 27.1. The van der Waals surface area contributed by atoms with Gasteiger partial charge in [0.25, 0.3) is 5.91 Å². The minimum absolute atomic E-state index is 0.0121. The second kappa shape index (κ2) is 34.0. The fraction of sp³-hybridized carbons (Fsp3) is 0.623. The Hall–Kier alpha value is -6.71. The Bertz CT molecular complexity index is 2600. The molecule has 2 aliphatic rings. The number of nitrogens with one attached hydrogen (secondary N) is 3. The van der Waals surface area contributed by atoms with Crippen molar-refractivity contribution in [3.05, 3.63) is 83.4 Å². The van der Waals surface area contributed by atoms with E-state index in [4.69, 9.17) is 25.9 Å². The molecule has 1 aliphatic carbocycles. The van der Waals surface area contributed by atoms with Crippen LogP contribution in [0.15, 0.2) is 60.9 Å². The zero-order chi connectivity index (χ0) is 58.7. The Morgan fingerprint density at radius 1 is 0.817 bits per heavy atom. The van der Waals surface area contributed by atoms with Crippen molar-refractivity contribution in [2.75, 3.05) is 95.5 Å². The molecule has 4 amide bonds. The van der Waals surface area contributed by atoms with Crippen LogP contribution in [0.2, 0.25) is 0 Å². The van der Waals surface area contributed by atoms with E-state index in [-0.39, 0.29) is 60.1 Å². The topological polar surface area (TPSA) is 278 Å². The fourth-order valence-electron chi connectivity index (χ4n) is 10.5. The van der Waals surface area contributed by atoms with Crippen LogP contribution < -0.4 is 46.7 Å². The summed E-state index contributed by atoms with van der Waals surface area (Å²) in [5.41, 5.74) is 14.8. The molecule has 1 atom stereocenters. The second-order valence-corrected chi connectivity index (χ2v) is 23.0. The minimum Gasteiger partial charge on any atom is -0.497 e. The van der Waals surface area contributed by atoms with E-state index in [0.717, 1.165) is 119 Å². The van der Waals surface area contributed by atoms with Gasteiger partial charge in [-0.3, -0.25) is 33.6 Å². The van der Waals surface area contributed by atoms with Crippen LogP contribution >= 0.6 is 0 Å². The highest BCUT2D eigenvalue weighted by Gasteiger charge is 2.35. The maximum absolute atomic E-state index is 15.1. The van der Waals surface area contributed by atoms with E-state index < -0.39 is 5.97 Å². The molecule has 0 bridgehead atoms. The van der Waals surface area contributed by atoms with Gasteiger partial charge in [-0.15, -0.1) is 5.10 Å². The fourth-order valence-corrected chi connectivity index (χ4v) is 10.5. The summed E-state index contributed by atoms with van der Waals surface area (Å²) >= 11 is 0. The number of carbonyl (C=O) groups is 5. The number of aromatic nitrogens is 5. The van der Waals surface area contributed by atoms with Crippen molar-refractivity contribution in [1.82, 2.24) is 45.8 Å². The second-order valence-electron chi connectivity index (χ2n) is 23.0. The van der Waals surface area contributed by atoms with Gasteiger partial charge < -0.3 is 51.8 Å². The molecule has 21 nitrogen and oxygen atoms in total. The molecule has 82 heavy (non-hydrogen) atoms. The number of rotatable bonds is 39. The number of carboxylic acid groups (broad SMARTS) is 1. The van der Waals surface area contributed by atoms with E-state index in [2.05, 4.69) is 50.0 Å². The number of ether oxygens (including phenoxy) is 2. The van der Waals surface area contributed by atoms with Gasteiger partial charge in [0.05, 0.1) is 37.1 Å². The summed E-state index contributed by atoms with van der Waals surface area (Å²) in [6, 6.07) is 15.3. The van der Waals surface area contributed by atoms with E-state index in [1.807, 2.05) is 76.1 Å². The third kappa shape index (κ3) is 22.6. The molecule has 1 saturated carbocycles. The van der Waals surface area contributed by atoms with E-state index >= 15 is 4.79 Å². The maximum Gasteiger partial charge on any atom is 0.303 e. The molecule has 1 aromatic carbocycles. The first-order valence-electron chi connectivity index (χ1n) is 29.9. The van der Waals surface area contributed by atoms with Gasteiger partial charge >= 0.3 is 5.97 Å². The Morgan fingerprint density at radius 2 is 1.49 bits per heavy atom. The first kappa shape index (κ1) is 64.5. The first-order valence-corrected chi connectivity index (χ1v) is 29.9. The number of piperidine rings is 1. The summed E-state index contributed by atoms with van der Waals surface area (Å²) in [7, 11) is 1.64. The lowest BCUT2D eigenvalue weighted by molar-refractivity contribution is -0.137. The zero-order valence-corrected chi connectivity index (χ0v) is 49.3. The van der Waals surface area contributed by atoms with Gasteiger partial charge in [0.1, 0.15) is 11.6 Å². The molecule has 21 heteroatoms. The molecule has 8 N–H and O–H groups in total. The Labute approximate surface area is 485 Å². The van der Waals surface area contributed by atoms with Crippen molar-refractivity contribution in [3.8, 4) is 11.6 Å². The van der Waals surface area contributed by atoms with Crippen molar-refractivity contribution in [1.29, 1.82) is 0 Å². The number of anilines is 2. The van der Waals surface area contributed by atoms with Crippen LogP contribution in [0.5, 0.6) is 11.6 Å². The summed E-state index contributed by atoms with van der Waals surface area (Å²) in [6.45, 7) is 12.8. The molecule has 1 aliphatic heterocycles. The number of aliphatic carboxylic acids is 1. The Morgan fingerprint density at radius 3 is 2.15 bits per heavy atom. The van der Waals surface area contributed by atoms with Crippen LogP contribution in [-0.2, 0) is 32.1 Å². The molecular weight excluding hydrogens is 1040 g/mol. The quantitative estimate of drug-likeness (QED) is 0.0263. The summed E-state index contributed by atoms with van der Waals surface area (Å²) in [6.07, 6.45) is 17.6. The highest BCUT2D eigenvalue weighted by atomic mass is 16.5. The number of nitrogens with zero attached hydrogens (tertiary/aromatic N) is 8. The lowest BCUT2D eigenvalue weighted by Gasteiger charge is -2.36. The highest BCUT2D eigenvalue weighted by molar-refractivity contribution is 6.09. The maximum atomic E-state index is 15.1. The van der Waals surface area contributed by atoms with Crippen molar-refractivity contribution in [2.45, 2.75) is 142 Å². The number of benzene rings is 1. The molecule has 6 rings (SSSR count). The van der Waals surface area contributed by atoms with Crippen LogP contribution in [0, 0.1) is 24.2 Å². The smallest absolute Gasteiger partial charge is 0.303 e. The Kier molecular flexibility index (Phi) is 26.7. The van der Waals surface area contributed by atoms with E-state index in [9.17, 15) is 24.3 Å². The number of unbranched alkanes of at least 4 members (excludes halogenated alkanes) is 6. The van der Waals surface area contributed by atoms with Crippen LogP contribution in [0.1, 0.15) is 150 Å². The van der Waals surface area contributed by atoms with Gasteiger partial charge in [0, 0.05) is 128 Å². The number of nitrogens with two attached hydrogens (primary N) is 2. The molecule has 3 aromatic heterocycles. The van der Waals surface area contributed by atoms with Crippen molar-refractivity contribution < 1.29 is 38.6 Å². The molecule has 1 saturated heterocycles. The van der Waals surface area contributed by atoms with Gasteiger partial charge in [-0.05, 0) is 117 Å². The van der Waals surface area contributed by atoms with E-state index in [1.54, 1.807) is 13.3 Å². The van der Waals surface area contributed by atoms with Crippen molar-refractivity contribution in [2.24, 2.45) is 28.7 Å². The molecule has 4 aromatic rings. The monoisotopic (exact) mass is 1140 g/mol. The number of hydrogen-bond donors (Lipinski definition) is 6. The zero-order valence-electron chi connectivity index (χ0n) is 49.3. The molecule has 4 heterocycles. The predicted octanol–water partition coefficient (Wildman–Crippen LogP) is 6.42. The minimum atomic E-state index is -0.788. The van der Waals surface area contributed by atoms with Gasteiger partial charge in [0.15, 0.2) is 0 Å². The van der Waals surface area contributed by atoms with Gasteiger partial charge in [-0.1, -0.05) is 57.2 Å². The highest BCUT2D eigenvalue weighted by Crippen LogP contribution is 2.45. The number of hydrogen-bond acceptors (Lipinski definition) is 15. The molecule has 0 radical (unpaired) electrons. The normalized spacial score (nSPS) is 14.1. The van der Waals surface area contributed by atoms with E-state index in [0.29, 0.717) is 107 Å². The first-order chi connectivity index (χ1) is 39.6. The molecule has 450 valence electrons. The number of pyridine rings is 2. The third-order valence-electron chi connectivity index (χ3n) is 15.5. The Balaban J connectivity index is 0.913. The molecule has 0 spiro atoms.